The largest absolute Gasteiger partial charge is 0.496 e. The molecule has 1 saturated carbocycles. The van der Waals surface area contributed by atoms with Gasteiger partial charge in [-0.25, -0.2) is 4.39 Å². The Morgan fingerprint density at radius 3 is 2.53 bits per heavy atom. The van der Waals surface area contributed by atoms with Gasteiger partial charge in [-0.05, 0) is 69.9 Å². The van der Waals surface area contributed by atoms with E-state index in [9.17, 15) is 4.39 Å². The van der Waals surface area contributed by atoms with Gasteiger partial charge in [0.15, 0.2) is 11.5 Å². The van der Waals surface area contributed by atoms with Crippen LogP contribution < -0.4 is 24.3 Å². The van der Waals surface area contributed by atoms with Crippen LogP contribution in [0.2, 0.25) is 0 Å². The molecule has 30 heavy (non-hydrogen) atoms. The summed E-state index contributed by atoms with van der Waals surface area (Å²) < 4.78 is 36.6. The molecule has 1 N–H and O–H groups in total. The van der Waals surface area contributed by atoms with Crippen LogP contribution in [0, 0.1) is 5.82 Å². The van der Waals surface area contributed by atoms with E-state index in [1.165, 1.54) is 25.0 Å². The molecule has 0 aliphatic heterocycles. The maximum absolute atomic E-state index is 13.6. The fraction of sp³-hybridized carbons (Fsp3) is 0.500. The summed E-state index contributed by atoms with van der Waals surface area (Å²) in [4.78, 5) is 0. The summed E-state index contributed by atoms with van der Waals surface area (Å²) >= 11 is 0. The second-order valence-corrected chi connectivity index (χ2v) is 7.78. The molecule has 0 spiro atoms. The molecule has 2 aromatic carbocycles. The number of benzene rings is 2. The number of nitrogens with one attached hydrogen (secondary N) is 1. The van der Waals surface area contributed by atoms with Crippen LogP contribution in [0.25, 0.3) is 0 Å². The third-order valence-electron chi connectivity index (χ3n) is 4.98. The molecule has 3 rings (SSSR count). The molecule has 2 aromatic rings. The summed E-state index contributed by atoms with van der Waals surface area (Å²) in [7, 11) is 1.67. The molecule has 0 aromatic heterocycles. The smallest absolute Gasteiger partial charge is 0.164 e. The molecule has 0 bridgehead atoms. The predicted octanol–water partition coefficient (Wildman–Crippen LogP) is 5.11. The molecule has 0 unspecified atom stereocenters. The summed E-state index contributed by atoms with van der Waals surface area (Å²) in [5, 5.41) is 3.35. The molecule has 0 atom stereocenters. The number of rotatable bonds is 11. The Hall–Kier alpha value is -2.47. The quantitative estimate of drug-likeness (QED) is 0.515. The van der Waals surface area contributed by atoms with Crippen LogP contribution in [-0.2, 0) is 6.54 Å². The Kier molecular flexibility index (Phi) is 8.20. The van der Waals surface area contributed by atoms with Crippen LogP contribution in [0.5, 0.6) is 23.0 Å². The van der Waals surface area contributed by atoms with Crippen LogP contribution in [0.1, 0.15) is 45.1 Å². The van der Waals surface area contributed by atoms with Gasteiger partial charge in [0.1, 0.15) is 23.9 Å². The van der Waals surface area contributed by atoms with Crippen LogP contribution in [0.4, 0.5) is 4.39 Å². The first-order valence-electron chi connectivity index (χ1n) is 10.7. The van der Waals surface area contributed by atoms with Crippen molar-refractivity contribution in [1.29, 1.82) is 0 Å². The lowest BCUT2D eigenvalue weighted by molar-refractivity contribution is 0.209. The van der Waals surface area contributed by atoms with Gasteiger partial charge in [-0.15, -0.1) is 0 Å². The fourth-order valence-electron chi connectivity index (χ4n) is 3.57. The standard InChI is InChI=1S/C24H32FNO4/c1-17(2)29-23-10-8-19(25)15-24(23)28-13-12-26-16-18-14-21(9-11-22(18)27-3)30-20-6-4-5-7-20/h8-11,14-15,17,20,26H,4-7,12-13,16H2,1-3H3. The van der Waals surface area contributed by atoms with Gasteiger partial charge < -0.3 is 24.3 Å². The molecule has 0 amide bonds. The zero-order valence-electron chi connectivity index (χ0n) is 18.1. The first kappa shape index (κ1) is 22.2. The van der Waals surface area contributed by atoms with Crippen LogP contribution in [0.15, 0.2) is 36.4 Å². The highest BCUT2D eigenvalue weighted by Gasteiger charge is 2.17. The van der Waals surface area contributed by atoms with Crippen LogP contribution in [-0.4, -0.2) is 32.5 Å². The van der Waals surface area contributed by atoms with Gasteiger partial charge >= 0.3 is 0 Å². The van der Waals surface area contributed by atoms with E-state index in [2.05, 4.69) is 5.32 Å². The van der Waals surface area contributed by atoms with Crippen LogP contribution >= 0.6 is 0 Å². The van der Waals surface area contributed by atoms with E-state index in [0.717, 1.165) is 29.9 Å². The Morgan fingerprint density at radius 2 is 1.80 bits per heavy atom. The van der Waals surface area contributed by atoms with E-state index >= 15 is 0 Å². The average Bonchev–Trinajstić information content (AvgIpc) is 3.22. The zero-order valence-corrected chi connectivity index (χ0v) is 18.1. The molecule has 0 saturated heterocycles. The van der Waals surface area contributed by atoms with Gasteiger partial charge in [-0.2, -0.15) is 0 Å². The van der Waals surface area contributed by atoms with Crippen molar-refractivity contribution in [2.75, 3.05) is 20.3 Å². The zero-order chi connectivity index (χ0) is 21.3. The summed E-state index contributed by atoms with van der Waals surface area (Å²) in [6, 6.07) is 10.3. The minimum Gasteiger partial charge on any atom is -0.496 e. The molecule has 1 aliphatic carbocycles. The summed E-state index contributed by atoms with van der Waals surface area (Å²) in [5.74, 6) is 2.31. The topological polar surface area (TPSA) is 49.0 Å². The first-order chi connectivity index (χ1) is 14.5. The Morgan fingerprint density at radius 1 is 1.03 bits per heavy atom. The van der Waals surface area contributed by atoms with E-state index in [0.29, 0.717) is 37.3 Å². The lowest BCUT2D eigenvalue weighted by atomic mass is 10.2. The van der Waals surface area contributed by atoms with E-state index in [-0.39, 0.29) is 11.9 Å². The maximum atomic E-state index is 13.6. The normalized spacial score (nSPS) is 14.2. The fourth-order valence-corrected chi connectivity index (χ4v) is 3.57. The third-order valence-corrected chi connectivity index (χ3v) is 4.98. The van der Waals surface area contributed by atoms with Crippen molar-refractivity contribution >= 4 is 0 Å². The van der Waals surface area contributed by atoms with E-state index in [1.54, 1.807) is 13.2 Å². The SMILES string of the molecule is COc1ccc(OC2CCCC2)cc1CNCCOc1cc(F)ccc1OC(C)C. The monoisotopic (exact) mass is 417 g/mol. The Balaban J connectivity index is 1.51. The maximum Gasteiger partial charge on any atom is 0.164 e. The molecule has 5 nitrogen and oxygen atoms in total. The highest BCUT2D eigenvalue weighted by Crippen LogP contribution is 2.30. The van der Waals surface area contributed by atoms with Gasteiger partial charge in [0.25, 0.3) is 0 Å². The van der Waals surface area contributed by atoms with Crippen molar-refractivity contribution in [1.82, 2.24) is 5.32 Å². The summed E-state index contributed by atoms with van der Waals surface area (Å²) in [6.07, 6.45) is 5.04. The molecule has 1 fully saturated rings. The van der Waals surface area contributed by atoms with E-state index in [4.69, 9.17) is 18.9 Å². The number of halogens is 1. The molecule has 1 aliphatic rings. The average molecular weight is 418 g/mol. The van der Waals surface area contributed by atoms with Crippen LogP contribution in [0.3, 0.4) is 0 Å². The van der Waals surface area contributed by atoms with Gasteiger partial charge in [0.2, 0.25) is 0 Å². The molecule has 0 heterocycles. The molecular weight excluding hydrogens is 385 g/mol. The lowest BCUT2D eigenvalue weighted by Crippen LogP contribution is -2.21. The number of hydrogen-bond donors (Lipinski definition) is 1. The number of methoxy groups -OCH3 is 1. The molecule has 164 valence electrons. The van der Waals surface area contributed by atoms with Gasteiger partial charge in [0.05, 0.1) is 19.3 Å². The van der Waals surface area contributed by atoms with Crippen molar-refractivity contribution in [2.24, 2.45) is 0 Å². The minimum absolute atomic E-state index is 0.0119. The summed E-state index contributed by atoms with van der Waals surface area (Å²) in [5.41, 5.74) is 1.03. The second-order valence-electron chi connectivity index (χ2n) is 7.78. The number of ether oxygens (including phenoxy) is 4. The molecule has 0 radical (unpaired) electrons. The predicted molar refractivity (Wildman–Crippen MR) is 115 cm³/mol. The molecule has 6 heteroatoms. The van der Waals surface area contributed by atoms with Gasteiger partial charge in [-0.3, -0.25) is 0 Å². The lowest BCUT2D eigenvalue weighted by Gasteiger charge is -2.17. The Labute approximate surface area is 178 Å². The van der Waals surface area contributed by atoms with Gasteiger partial charge in [-0.1, -0.05) is 0 Å². The van der Waals surface area contributed by atoms with E-state index in [1.807, 2.05) is 32.0 Å². The van der Waals surface area contributed by atoms with Crippen molar-refractivity contribution in [3.05, 3.63) is 47.8 Å². The van der Waals surface area contributed by atoms with Crippen molar-refractivity contribution in [2.45, 2.75) is 58.3 Å². The summed E-state index contributed by atoms with van der Waals surface area (Å²) in [6.45, 7) is 5.44. The molecular formula is C24H32FNO4. The number of hydrogen-bond acceptors (Lipinski definition) is 5. The van der Waals surface area contributed by atoms with Crippen molar-refractivity contribution in [3.63, 3.8) is 0 Å². The second kappa shape index (κ2) is 11.1. The minimum atomic E-state index is -0.349. The van der Waals surface area contributed by atoms with E-state index < -0.39 is 0 Å². The third kappa shape index (κ3) is 6.52. The Bertz CT molecular complexity index is 806. The highest BCUT2D eigenvalue weighted by molar-refractivity contribution is 5.41. The first-order valence-corrected chi connectivity index (χ1v) is 10.7. The highest BCUT2D eigenvalue weighted by atomic mass is 19.1. The van der Waals surface area contributed by atoms with Gasteiger partial charge in [0, 0.05) is 24.7 Å². The van der Waals surface area contributed by atoms with Crippen molar-refractivity contribution in [3.8, 4) is 23.0 Å². The van der Waals surface area contributed by atoms with Crippen molar-refractivity contribution < 1.29 is 23.3 Å².